The van der Waals surface area contributed by atoms with Gasteiger partial charge < -0.3 is 14.2 Å². The van der Waals surface area contributed by atoms with Crippen molar-refractivity contribution in [2.45, 2.75) is 0 Å². The zero-order valence-corrected chi connectivity index (χ0v) is 13.7. The first-order chi connectivity index (χ1) is 11.5. The van der Waals surface area contributed by atoms with Crippen LogP contribution in [0.3, 0.4) is 0 Å². The number of carbonyl (C=O) groups is 2. The quantitative estimate of drug-likeness (QED) is 0.588. The second-order valence-electron chi connectivity index (χ2n) is 4.69. The first kappa shape index (κ1) is 17.7. The molecule has 0 aliphatic carbocycles. The van der Waals surface area contributed by atoms with Gasteiger partial charge >= 0.3 is 5.97 Å². The van der Waals surface area contributed by atoms with E-state index in [1.807, 2.05) is 0 Å². The summed E-state index contributed by atoms with van der Waals surface area (Å²) >= 11 is 5.72. The van der Waals surface area contributed by atoms with Gasteiger partial charge in [0.2, 0.25) is 5.78 Å². The van der Waals surface area contributed by atoms with E-state index in [4.69, 9.17) is 25.8 Å². The van der Waals surface area contributed by atoms with E-state index in [0.717, 1.165) is 12.1 Å². The minimum Gasteiger partial charge on any atom is -0.497 e. The molecule has 0 spiro atoms. The third-order valence-corrected chi connectivity index (χ3v) is 3.42. The Balaban J connectivity index is 2.13. The van der Waals surface area contributed by atoms with Crippen LogP contribution in [0.2, 0.25) is 5.02 Å². The minimum atomic E-state index is -0.981. The third-order valence-electron chi connectivity index (χ3n) is 3.19. The van der Waals surface area contributed by atoms with E-state index in [2.05, 4.69) is 0 Å². The number of ether oxygens (including phenoxy) is 3. The number of hydrogen-bond donors (Lipinski definition) is 0. The molecular weight excluding hydrogens is 339 g/mol. The maximum absolute atomic E-state index is 13.6. The van der Waals surface area contributed by atoms with Crippen molar-refractivity contribution in [1.82, 2.24) is 0 Å². The normalized spacial score (nSPS) is 10.2. The van der Waals surface area contributed by atoms with Gasteiger partial charge in [-0.1, -0.05) is 11.6 Å². The molecule has 5 nitrogen and oxygen atoms in total. The highest BCUT2D eigenvalue weighted by Gasteiger charge is 2.18. The Morgan fingerprint density at radius 2 is 1.79 bits per heavy atom. The van der Waals surface area contributed by atoms with Gasteiger partial charge in [-0.15, -0.1) is 0 Å². The first-order valence-corrected chi connectivity index (χ1v) is 7.21. The average molecular weight is 353 g/mol. The van der Waals surface area contributed by atoms with Gasteiger partial charge in [0, 0.05) is 5.02 Å². The molecule has 0 aliphatic heterocycles. The van der Waals surface area contributed by atoms with Gasteiger partial charge in [0.25, 0.3) is 0 Å². The van der Waals surface area contributed by atoms with Crippen LogP contribution in [0.4, 0.5) is 4.39 Å². The summed E-state index contributed by atoms with van der Waals surface area (Å²) in [5.41, 5.74) is -0.149. The summed E-state index contributed by atoms with van der Waals surface area (Å²) in [6.45, 7) is -0.575. The number of benzene rings is 2. The Kier molecular flexibility index (Phi) is 5.76. The van der Waals surface area contributed by atoms with Crippen molar-refractivity contribution in [3.8, 4) is 11.5 Å². The summed E-state index contributed by atoms with van der Waals surface area (Å²) < 4.78 is 28.6. The van der Waals surface area contributed by atoms with Crippen LogP contribution in [0.1, 0.15) is 20.7 Å². The highest BCUT2D eigenvalue weighted by Crippen LogP contribution is 2.24. The molecule has 0 fully saturated rings. The molecule has 126 valence electrons. The first-order valence-electron chi connectivity index (χ1n) is 6.83. The molecule has 24 heavy (non-hydrogen) atoms. The molecular formula is C17H14ClFO5. The Hall–Kier alpha value is -2.60. The molecule has 0 aliphatic rings. The summed E-state index contributed by atoms with van der Waals surface area (Å²) in [6.07, 6.45) is 0. The Labute approximate surface area is 142 Å². The number of hydrogen-bond acceptors (Lipinski definition) is 5. The zero-order valence-electron chi connectivity index (χ0n) is 13.0. The molecule has 0 radical (unpaired) electrons. The predicted molar refractivity (Wildman–Crippen MR) is 85.6 cm³/mol. The Morgan fingerprint density at radius 1 is 1.04 bits per heavy atom. The van der Waals surface area contributed by atoms with Crippen molar-refractivity contribution in [3.05, 3.63) is 58.4 Å². The van der Waals surface area contributed by atoms with Crippen molar-refractivity contribution < 1.29 is 28.2 Å². The highest BCUT2D eigenvalue weighted by molar-refractivity contribution is 6.30. The van der Waals surface area contributed by atoms with Crippen molar-refractivity contribution in [2.75, 3.05) is 20.8 Å². The molecule has 0 aromatic heterocycles. The van der Waals surface area contributed by atoms with Crippen LogP contribution in [-0.2, 0) is 4.74 Å². The molecule has 2 aromatic rings. The molecule has 0 amide bonds. The number of esters is 1. The van der Waals surface area contributed by atoms with E-state index >= 15 is 0 Å². The molecule has 7 heteroatoms. The lowest BCUT2D eigenvalue weighted by Gasteiger charge is -2.10. The molecule has 0 atom stereocenters. The number of Topliss-reactive ketones (excluding diaryl/α,β-unsaturated/α-hetero) is 1. The molecule has 0 heterocycles. The molecule has 0 saturated heterocycles. The second-order valence-corrected chi connectivity index (χ2v) is 5.13. The molecule has 2 rings (SSSR count). The lowest BCUT2D eigenvalue weighted by Crippen LogP contribution is -2.16. The molecule has 0 saturated carbocycles. The summed E-state index contributed by atoms with van der Waals surface area (Å²) in [7, 11) is 2.87. The standard InChI is InChI=1S/C17H14ClFO5/c1-22-11-4-6-16(23-2)13(8-11)15(20)9-24-17(21)12-7-10(18)3-5-14(12)19/h3-8H,9H2,1-2H3. The maximum Gasteiger partial charge on any atom is 0.341 e. The van der Waals surface area contributed by atoms with Gasteiger partial charge in [-0.05, 0) is 36.4 Å². The molecule has 0 bridgehead atoms. The fourth-order valence-corrected chi connectivity index (χ4v) is 2.14. The molecule has 0 unspecified atom stereocenters. The maximum atomic E-state index is 13.6. The Bertz CT molecular complexity index is 776. The molecule has 0 N–H and O–H groups in total. The lowest BCUT2D eigenvalue weighted by molar-refractivity contribution is 0.0469. The second kappa shape index (κ2) is 7.79. The number of carbonyl (C=O) groups excluding carboxylic acids is 2. The van der Waals surface area contributed by atoms with Crippen LogP contribution in [0.25, 0.3) is 0 Å². The van der Waals surface area contributed by atoms with E-state index in [1.165, 1.54) is 26.4 Å². The largest absolute Gasteiger partial charge is 0.497 e. The fraction of sp³-hybridized carbons (Fsp3) is 0.176. The molecule has 2 aromatic carbocycles. The summed E-state index contributed by atoms with van der Waals surface area (Å²) in [5, 5.41) is 0.184. The van der Waals surface area contributed by atoms with Gasteiger partial charge in [0.15, 0.2) is 6.61 Å². The van der Waals surface area contributed by atoms with Crippen LogP contribution in [0.15, 0.2) is 36.4 Å². The van der Waals surface area contributed by atoms with E-state index in [0.29, 0.717) is 11.5 Å². The summed E-state index contributed by atoms with van der Waals surface area (Å²) in [5.74, 6) is -1.51. The smallest absolute Gasteiger partial charge is 0.341 e. The SMILES string of the molecule is COc1ccc(OC)c(C(=O)COC(=O)c2cc(Cl)ccc2F)c1. The van der Waals surface area contributed by atoms with Crippen molar-refractivity contribution >= 4 is 23.4 Å². The van der Waals surface area contributed by atoms with Crippen LogP contribution in [-0.4, -0.2) is 32.6 Å². The number of ketones is 1. The average Bonchev–Trinajstić information content (AvgIpc) is 2.60. The minimum absolute atomic E-state index is 0.184. The predicted octanol–water partition coefficient (Wildman–Crippen LogP) is 3.54. The monoisotopic (exact) mass is 352 g/mol. The zero-order chi connectivity index (χ0) is 17.7. The van der Waals surface area contributed by atoms with E-state index < -0.39 is 24.2 Å². The summed E-state index contributed by atoms with van der Waals surface area (Å²) in [6, 6.07) is 8.14. The van der Waals surface area contributed by atoms with Crippen LogP contribution in [0.5, 0.6) is 11.5 Å². The van der Waals surface area contributed by atoms with Gasteiger partial charge in [-0.2, -0.15) is 0 Å². The van der Waals surface area contributed by atoms with Gasteiger partial charge in [0.1, 0.15) is 17.3 Å². The van der Waals surface area contributed by atoms with Crippen molar-refractivity contribution in [2.24, 2.45) is 0 Å². The van der Waals surface area contributed by atoms with Gasteiger partial charge in [0.05, 0.1) is 25.3 Å². The van der Waals surface area contributed by atoms with Crippen LogP contribution >= 0.6 is 11.6 Å². The van der Waals surface area contributed by atoms with Crippen molar-refractivity contribution in [1.29, 1.82) is 0 Å². The highest BCUT2D eigenvalue weighted by atomic mass is 35.5. The van der Waals surface area contributed by atoms with E-state index in [-0.39, 0.29) is 16.1 Å². The topological polar surface area (TPSA) is 61.8 Å². The van der Waals surface area contributed by atoms with E-state index in [1.54, 1.807) is 12.1 Å². The van der Waals surface area contributed by atoms with Crippen LogP contribution in [0, 0.1) is 5.82 Å². The number of methoxy groups -OCH3 is 2. The lowest BCUT2D eigenvalue weighted by atomic mass is 10.1. The van der Waals surface area contributed by atoms with E-state index in [9.17, 15) is 14.0 Å². The number of halogens is 2. The third kappa shape index (κ3) is 4.02. The van der Waals surface area contributed by atoms with Crippen molar-refractivity contribution in [3.63, 3.8) is 0 Å². The van der Waals surface area contributed by atoms with Crippen LogP contribution < -0.4 is 9.47 Å². The summed E-state index contributed by atoms with van der Waals surface area (Å²) in [4.78, 5) is 24.1. The fourth-order valence-electron chi connectivity index (χ4n) is 1.97. The van der Waals surface area contributed by atoms with Gasteiger partial charge in [-0.25, -0.2) is 9.18 Å². The Morgan fingerprint density at radius 3 is 2.46 bits per heavy atom. The van der Waals surface area contributed by atoms with Gasteiger partial charge in [-0.3, -0.25) is 4.79 Å². The number of rotatable bonds is 6.